The Bertz CT molecular complexity index is 220. The third kappa shape index (κ3) is 3.18. The number of piperidine rings is 1. The SMILES string of the molecule is CN1CC(NC(=O)CN2CCCCC2)C1. The number of hydrogen-bond donors (Lipinski definition) is 1. The third-order valence-electron chi connectivity index (χ3n) is 3.25. The Morgan fingerprint density at radius 1 is 1.27 bits per heavy atom. The van der Waals surface area contributed by atoms with E-state index in [-0.39, 0.29) is 5.91 Å². The molecule has 1 N–H and O–H groups in total. The first-order valence-electron chi connectivity index (χ1n) is 5.94. The van der Waals surface area contributed by atoms with Gasteiger partial charge in [0.05, 0.1) is 12.6 Å². The second kappa shape index (κ2) is 4.94. The lowest BCUT2D eigenvalue weighted by atomic mass is 10.1. The molecule has 86 valence electrons. The van der Waals surface area contributed by atoms with E-state index in [2.05, 4.69) is 22.2 Å². The molecule has 2 rings (SSSR count). The van der Waals surface area contributed by atoms with Crippen LogP contribution in [0.3, 0.4) is 0 Å². The fraction of sp³-hybridized carbons (Fsp3) is 0.909. The van der Waals surface area contributed by atoms with Gasteiger partial charge in [0.25, 0.3) is 0 Å². The van der Waals surface area contributed by atoms with Crippen molar-refractivity contribution in [2.24, 2.45) is 0 Å². The number of carbonyl (C=O) groups is 1. The first-order chi connectivity index (χ1) is 7.24. The van der Waals surface area contributed by atoms with Gasteiger partial charge in [-0.1, -0.05) is 6.42 Å². The van der Waals surface area contributed by atoms with Crippen LogP contribution in [0.1, 0.15) is 19.3 Å². The quantitative estimate of drug-likeness (QED) is 0.708. The van der Waals surface area contributed by atoms with Gasteiger partial charge in [-0.15, -0.1) is 0 Å². The van der Waals surface area contributed by atoms with Crippen molar-refractivity contribution in [3.8, 4) is 0 Å². The number of nitrogens with one attached hydrogen (secondary N) is 1. The second-order valence-corrected chi connectivity index (χ2v) is 4.82. The van der Waals surface area contributed by atoms with Crippen molar-refractivity contribution in [2.45, 2.75) is 25.3 Å². The molecule has 0 atom stereocenters. The van der Waals surface area contributed by atoms with Gasteiger partial charge in [-0.2, -0.15) is 0 Å². The number of likely N-dealkylation sites (N-methyl/N-ethyl adjacent to an activating group) is 1. The Morgan fingerprint density at radius 2 is 1.93 bits per heavy atom. The van der Waals surface area contributed by atoms with Crippen molar-refractivity contribution in [2.75, 3.05) is 39.8 Å². The first kappa shape index (κ1) is 10.9. The van der Waals surface area contributed by atoms with Crippen LogP contribution in [0, 0.1) is 0 Å². The minimum absolute atomic E-state index is 0.204. The number of hydrogen-bond acceptors (Lipinski definition) is 3. The fourth-order valence-corrected chi connectivity index (χ4v) is 2.38. The highest BCUT2D eigenvalue weighted by molar-refractivity contribution is 5.78. The Kier molecular flexibility index (Phi) is 3.59. The van der Waals surface area contributed by atoms with Gasteiger partial charge in [0, 0.05) is 13.1 Å². The van der Waals surface area contributed by atoms with E-state index in [9.17, 15) is 4.79 Å². The van der Waals surface area contributed by atoms with Crippen LogP contribution >= 0.6 is 0 Å². The minimum atomic E-state index is 0.204. The highest BCUT2D eigenvalue weighted by Gasteiger charge is 2.25. The van der Waals surface area contributed by atoms with E-state index in [1.54, 1.807) is 0 Å². The molecule has 0 unspecified atom stereocenters. The lowest BCUT2D eigenvalue weighted by Crippen LogP contribution is -2.58. The van der Waals surface area contributed by atoms with E-state index in [0.717, 1.165) is 26.2 Å². The van der Waals surface area contributed by atoms with E-state index in [1.165, 1.54) is 19.3 Å². The van der Waals surface area contributed by atoms with Crippen molar-refractivity contribution in [1.82, 2.24) is 15.1 Å². The van der Waals surface area contributed by atoms with Crippen LogP contribution in [0.5, 0.6) is 0 Å². The summed E-state index contributed by atoms with van der Waals surface area (Å²) < 4.78 is 0. The lowest BCUT2D eigenvalue weighted by molar-refractivity contribution is -0.124. The summed E-state index contributed by atoms with van der Waals surface area (Å²) in [6.07, 6.45) is 3.82. The first-order valence-corrected chi connectivity index (χ1v) is 5.94. The van der Waals surface area contributed by atoms with E-state index < -0.39 is 0 Å². The molecule has 0 radical (unpaired) electrons. The average Bonchev–Trinajstić information content (AvgIpc) is 2.17. The summed E-state index contributed by atoms with van der Waals surface area (Å²) in [4.78, 5) is 16.1. The van der Waals surface area contributed by atoms with Crippen LogP contribution in [-0.2, 0) is 4.79 Å². The highest BCUT2D eigenvalue weighted by atomic mass is 16.2. The number of carbonyl (C=O) groups excluding carboxylic acids is 1. The number of rotatable bonds is 3. The maximum Gasteiger partial charge on any atom is 0.234 e. The molecule has 4 heteroatoms. The van der Waals surface area contributed by atoms with Gasteiger partial charge in [0.1, 0.15) is 0 Å². The molecule has 4 nitrogen and oxygen atoms in total. The van der Waals surface area contributed by atoms with Crippen LogP contribution in [0.15, 0.2) is 0 Å². The van der Waals surface area contributed by atoms with Crippen LogP contribution in [0.25, 0.3) is 0 Å². The van der Waals surface area contributed by atoms with Crippen molar-refractivity contribution in [1.29, 1.82) is 0 Å². The molecule has 2 aliphatic heterocycles. The van der Waals surface area contributed by atoms with E-state index in [1.807, 2.05) is 0 Å². The van der Waals surface area contributed by atoms with E-state index in [0.29, 0.717) is 12.6 Å². The monoisotopic (exact) mass is 211 g/mol. The van der Waals surface area contributed by atoms with Gasteiger partial charge in [-0.3, -0.25) is 9.69 Å². The van der Waals surface area contributed by atoms with E-state index in [4.69, 9.17) is 0 Å². The number of nitrogens with zero attached hydrogens (tertiary/aromatic N) is 2. The summed E-state index contributed by atoms with van der Waals surface area (Å²) >= 11 is 0. The molecule has 0 spiro atoms. The molecule has 2 heterocycles. The smallest absolute Gasteiger partial charge is 0.234 e. The van der Waals surface area contributed by atoms with Gasteiger partial charge >= 0.3 is 0 Å². The summed E-state index contributed by atoms with van der Waals surface area (Å²) in [5.74, 6) is 0.204. The van der Waals surface area contributed by atoms with Gasteiger partial charge in [-0.05, 0) is 33.0 Å². The molecule has 2 saturated heterocycles. The molecule has 0 aliphatic carbocycles. The fourth-order valence-electron chi connectivity index (χ4n) is 2.38. The van der Waals surface area contributed by atoms with Crippen molar-refractivity contribution < 1.29 is 4.79 Å². The Balaban J connectivity index is 1.63. The molecular weight excluding hydrogens is 190 g/mol. The molecule has 2 fully saturated rings. The molecule has 2 aliphatic rings. The zero-order valence-corrected chi connectivity index (χ0v) is 9.54. The lowest BCUT2D eigenvalue weighted by Gasteiger charge is -2.37. The van der Waals surface area contributed by atoms with Gasteiger partial charge in [0.2, 0.25) is 5.91 Å². The topological polar surface area (TPSA) is 35.6 Å². The van der Waals surface area contributed by atoms with Crippen molar-refractivity contribution in [3.63, 3.8) is 0 Å². The molecule has 0 saturated carbocycles. The molecule has 15 heavy (non-hydrogen) atoms. The van der Waals surface area contributed by atoms with Gasteiger partial charge in [-0.25, -0.2) is 0 Å². The number of likely N-dealkylation sites (tertiary alicyclic amines) is 2. The van der Waals surface area contributed by atoms with E-state index >= 15 is 0 Å². The number of amides is 1. The standard InChI is InChI=1S/C11H21N3O/c1-13-7-10(8-13)12-11(15)9-14-5-3-2-4-6-14/h10H,2-9H2,1H3,(H,12,15). The molecule has 1 amide bonds. The minimum Gasteiger partial charge on any atom is -0.350 e. The predicted octanol–water partition coefficient (Wildman–Crippen LogP) is -0.0975. The predicted molar refractivity (Wildman–Crippen MR) is 59.7 cm³/mol. The van der Waals surface area contributed by atoms with Crippen molar-refractivity contribution >= 4 is 5.91 Å². The average molecular weight is 211 g/mol. The van der Waals surface area contributed by atoms with Crippen LogP contribution in [0.2, 0.25) is 0 Å². The maximum atomic E-state index is 11.6. The van der Waals surface area contributed by atoms with Crippen LogP contribution < -0.4 is 5.32 Å². The summed E-state index contributed by atoms with van der Waals surface area (Å²) in [6.45, 7) is 4.80. The maximum absolute atomic E-state index is 11.6. The molecular formula is C11H21N3O. The van der Waals surface area contributed by atoms with Crippen LogP contribution in [-0.4, -0.2) is 61.5 Å². The largest absolute Gasteiger partial charge is 0.350 e. The zero-order chi connectivity index (χ0) is 10.7. The Labute approximate surface area is 91.6 Å². The Morgan fingerprint density at radius 3 is 2.53 bits per heavy atom. The third-order valence-corrected chi connectivity index (χ3v) is 3.25. The summed E-state index contributed by atoms with van der Waals surface area (Å²) in [5.41, 5.74) is 0. The summed E-state index contributed by atoms with van der Waals surface area (Å²) in [6, 6.07) is 0.396. The normalized spacial score (nSPS) is 24.9. The van der Waals surface area contributed by atoms with Crippen molar-refractivity contribution in [3.05, 3.63) is 0 Å². The van der Waals surface area contributed by atoms with Gasteiger partial charge in [0.15, 0.2) is 0 Å². The molecule has 0 bridgehead atoms. The highest BCUT2D eigenvalue weighted by Crippen LogP contribution is 2.08. The molecule has 0 aromatic heterocycles. The zero-order valence-electron chi connectivity index (χ0n) is 9.54. The summed E-state index contributed by atoms with van der Waals surface area (Å²) in [7, 11) is 2.08. The molecule has 0 aromatic rings. The van der Waals surface area contributed by atoms with Crippen LogP contribution in [0.4, 0.5) is 0 Å². The summed E-state index contributed by atoms with van der Waals surface area (Å²) in [5, 5.41) is 3.07. The Hall–Kier alpha value is -0.610. The second-order valence-electron chi connectivity index (χ2n) is 4.82. The molecule has 0 aromatic carbocycles. The van der Waals surface area contributed by atoms with Gasteiger partial charge < -0.3 is 10.2 Å².